The van der Waals surface area contributed by atoms with Gasteiger partial charge in [0.1, 0.15) is 5.75 Å². The largest absolute Gasteiger partial charge is 0.496 e. The number of H-pyrrole nitrogens is 1. The number of nitrogens with zero attached hydrogens (tertiary/aromatic N) is 2. The second-order valence-corrected chi connectivity index (χ2v) is 7.60. The molecule has 0 saturated heterocycles. The Morgan fingerprint density at radius 3 is 2.89 bits per heavy atom. The molecule has 1 aliphatic rings. The summed E-state index contributed by atoms with van der Waals surface area (Å²) < 4.78 is 12.0. The van der Waals surface area contributed by atoms with Crippen LogP contribution in [0.3, 0.4) is 0 Å². The molecule has 136 valence electrons. The third-order valence-electron chi connectivity index (χ3n) is 4.39. The van der Waals surface area contributed by atoms with Gasteiger partial charge in [0.15, 0.2) is 5.88 Å². The van der Waals surface area contributed by atoms with Crippen LogP contribution in [0.2, 0.25) is 0 Å². The van der Waals surface area contributed by atoms with Gasteiger partial charge in [0, 0.05) is 12.6 Å². The number of nitrogens with one attached hydrogen (secondary N) is 2. The summed E-state index contributed by atoms with van der Waals surface area (Å²) in [5.41, 5.74) is 3.17. The number of methoxy groups -OCH3 is 1. The standard InChI is InChI=1S/C19H15BrN4O2S/c1-21-17-14(10-6-7-12(25-3)11(20)9-10)15-16(13-5-4-8-27-13)23-24-18(15)26-19(17)22-2/h4-9,14,22H,2-3H3,(H,23,24). The molecule has 0 amide bonds. The number of aromatic nitrogens is 2. The van der Waals surface area contributed by atoms with Crippen molar-refractivity contribution < 1.29 is 9.47 Å². The molecule has 2 aromatic heterocycles. The molecule has 27 heavy (non-hydrogen) atoms. The highest BCUT2D eigenvalue weighted by Crippen LogP contribution is 2.48. The van der Waals surface area contributed by atoms with Crippen LogP contribution in [-0.2, 0) is 0 Å². The molecule has 2 N–H and O–H groups in total. The van der Waals surface area contributed by atoms with Crippen molar-refractivity contribution >= 4 is 27.3 Å². The van der Waals surface area contributed by atoms with Gasteiger partial charge < -0.3 is 14.8 Å². The van der Waals surface area contributed by atoms with Crippen LogP contribution in [0.15, 0.2) is 51.8 Å². The highest BCUT2D eigenvalue weighted by molar-refractivity contribution is 9.10. The Labute approximate surface area is 168 Å². The van der Waals surface area contributed by atoms with Crippen molar-refractivity contribution in [2.45, 2.75) is 5.92 Å². The van der Waals surface area contributed by atoms with E-state index in [-0.39, 0.29) is 5.92 Å². The molecule has 1 atom stereocenters. The van der Waals surface area contributed by atoms with Crippen LogP contribution in [0, 0.1) is 6.57 Å². The molecule has 1 unspecified atom stereocenters. The summed E-state index contributed by atoms with van der Waals surface area (Å²) in [6.45, 7) is 7.77. The smallest absolute Gasteiger partial charge is 0.241 e. The first kappa shape index (κ1) is 17.6. The van der Waals surface area contributed by atoms with E-state index in [0.29, 0.717) is 17.5 Å². The second kappa shape index (κ2) is 7.10. The van der Waals surface area contributed by atoms with E-state index in [2.05, 4.69) is 36.3 Å². The minimum absolute atomic E-state index is 0.313. The van der Waals surface area contributed by atoms with Gasteiger partial charge in [-0.3, -0.25) is 5.10 Å². The van der Waals surface area contributed by atoms with Gasteiger partial charge in [0.25, 0.3) is 0 Å². The van der Waals surface area contributed by atoms with Gasteiger partial charge >= 0.3 is 0 Å². The number of halogens is 1. The predicted octanol–water partition coefficient (Wildman–Crippen LogP) is 4.74. The van der Waals surface area contributed by atoms with E-state index in [9.17, 15) is 0 Å². The molecule has 1 aliphatic heterocycles. The molecule has 3 aromatic rings. The third kappa shape index (κ3) is 2.89. The van der Waals surface area contributed by atoms with E-state index in [4.69, 9.17) is 16.0 Å². The van der Waals surface area contributed by atoms with Gasteiger partial charge in [0.05, 0.1) is 34.6 Å². The number of aromatic amines is 1. The molecule has 1 aromatic carbocycles. The molecule has 0 radical (unpaired) electrons. The quantitative estimate of drug-likeness (QED) is 0.572. The van der Waals surface area contributed by atoms with Crippen molar-refractivity contribution in [3.8, 4) is 22.2 Å². The van der Waals surface area contributed by atoms with E-state index in [1.165, 1.54) is 0 Å². The first-order chi connectivity index (χ1) is 13.2. The molecular weight excluding hydrogens is 428 g/mol. The Hall–Kier alpha value is -2.76. The summed E-state index contributed by atoms with van der Waals surface area (Å²) in [5.74, 6) is 1.32. The molecule has 0 bridgehead atoms. The van der Waals surface area contributed by atoms with Crippen molar-refractivity contribution in [2.75, 3.05) is 14.2 Å². The van der Waals surface area contributed by atoms with Gasteiger partial charge in [-0.2, -0.15) is 0 Å². The van der Waals surface area contributed by atoms with E-state index in [1.807, 2.05) is 35.7 Å². The van der Waals surface area contributed by atoms with E-state index in [0.717, 1.165) is 31.9 Å². The maximum absolute atomic E-state index is 7.77. The van der Waals surface area contributed by atoms with E-state index >= 15 is 0 Å². The summed E-state index contributed by atoms with van der Waals surface area (Å²) in [5, 5.41) is 12.4. The Morgan fingerprint density at radius 1 is 1.41 bits per heavy atom. The molecule has 0 fully saturated rings. The van der Waals surface area contributed by atoms with Crippen LogP contribution < -0.4 is 14.8 Å². The molecule has 0 saturated carbocycles. The minimum atomic E-state index is -0.313. The first-order valence-electron chi connectivity index (χ1n) is 8.10. The predicted molar refractivity (Wildman–Crippen MR) is 108 cm³/mol. The number of ether oxygens (including phenoxy) is 2. The number of benzene rings is 1. The van der Waals surface area contributed by atoms with Crippen molar-refractivity contribution in [1.82, 2.24) is 15.5 Å². The lowest BCUT2D eigenvalue weighted by Gasteiger charge is -2.25. The normalized spacial score (nSPS) is 15.7. The topological polar surface area (TPSA) is 63.5 Å². The summed E-state index contributed by atoms with van der Waals surface area (Å²) in [7, 11) is 3.36. The van der Waals surface area contributed by atoms with E-state index < -0.39 is 0 Å². The van der Waals surface area contributed by atoms with Crippen LogP contribution in [0.1, 0.15) is 17.0 Å². The van der Waals surface area contributed by atoms with Crippen LogP contribution in [0.4, 0.5) is 0 Å². The molecule has 6 nitrogen and oxygen atoms in total. The maximum atomic E-state index is 7.77. The molecular formula is C19H15BrN4O2S. The number of hydrogen-bond donors (Lipinski definition) is 2. The number of rotatable bonds is 4. The number of allylic oxidation sites excluding steroid dienone is 1. The lowest BCUT2D eigenvalue weighted by atomic mass is 9.87. The zero-order valence-corrected chi connectivity index (χ0v) is 16.9. The van der Waals surface area contributed by atoms with Crippen molar-refractivity contribution in [3.05, 3.63) is 74.3 Å². The molecule has 3 heterocycles. The molecule has 4 rings (SSSR count). The van der Waals surface area contributed by atoms with Crippen molar-refractivity contribution in [2.24, 2.45) is 0 Å². The number of thiophene rings is 1. The SMILES string of the molecule is [C-]#[N+]C1=C(NC)Oc2n[nH]c(-c3cccs3)c2C1c1ccc(OC)c(Br)c1. The maximum Gasteiger partial charge on any atom is 0.241 e. The summed E-state index contributed by atoms with van der Waals surface area (Å²) in [4.78, 5) is 4.83. The Morgan fingerprint density at radius 2 is 2.26 bits per heavy atom. The summed E-state index contributed by atoms with van der Waals surface area (Å²) >= 11 is 5.16. The van der Waals surface area contributed by atoms with Gasteiger partial charge in [-0.1, -0.05) is 12.1 Å². The number of hydrogen-bond acceptors (Lipinski definition) is 5. The van der Waals surface area contributed by atoms with Gasteiger partial charge in [-0.15, -0.1) is 16.4 Å². The first-order valence-corrected chi connectivity index (χ1v) is 9.78. The zero-order chi connectivity index (χ0) is 19.0. The Bertz CT molecular complexity index is 1070. The zero-order valence-electron chi connectivity index (χ0n) is 14.5. The van der Waals surface area contributed by atoms with Crippen molar-refractivity contribution in [3.63, 3.8) is 0 Å². The minimum Gasteiger partial charge on any atom is -0.496 e. The average molecular weight is 443 g/mol. The number of fused-ring (bicyclic) bond motifs is 1. The molecule has 0 aliphatic carbocycles. The summed E-state index contributed by atoms with van der Waals surface area (Å²) in [6, 6.07) is 9.84. The van der Waals surface area contributed by atoms with Crippen LogP contribution in [0.5, 0.6) is 11.6 Å². The molecule has 8 heteroatoms. The Kier molecular flexibility index (Phi) is 4.64. The Balaban J connectivity index is 1.95. The van der Waals surface area contributed by atoms with Gasteiger partial charge in [-0.05, 0) is 45.1 Å². The van der Waals surface area contributed by atoms with Crippen LogP contribution in [-0.4, -0.2) is 24.4 Å². The fourth-order valence-corrected chi connectivity index (χ4v) is 4.48. The monoisotopic (exact) mass is 442 g/mol. The van der Waals surface area contributed by atoms with E-state index in [1.54, 1.807) is 25.5 Å². The molecule has 0 spiro atoms. The van der Waals surface area contributed by atoms with Gasteiger partial charge in [-0.25, -0.2) is 4.85 Å². The van der Waals surface area contributed by atoms with Gasteiger partial charge in [0.2, 0.25) is 11.6 Å². The second-order valence-electron chi connectivity index (χ2n) is 5.80. The average Bonchev–Trinajstić information content (AvgIpc) is 3.35. The van der Waals surface area contributed by atoms with Crippen LogP contribution in [0.25, 0.3) is 15.4 Å². The highest BCUT2D eigenvalue weighted by atomic mass is 79.9. The van der Waals surface area contributed by atoms with Crippen LogP contribution >= 0.6 is 27.3 Å². The lowest BCUT2D eigenvalue weighted by molar-refractivity contribution is 0.353. The fraction of sp³-hybridized carbons (Fsp3) is 0.158. The fourth-order valence-electron chi connectivity index (χ4n) is 3.19. The lowest BCUT2D eigenvalue weighted by Crippen LogP contribution is -2.23. The highest BCUT2D eigenvalue weighted by Gasteiger charge is 2.37. The van der Waals surface area contributed by atoms with Crippen molar-refractivity contribution in [1.29, 1.82) is 0 Å². The third-order valence-corrected chi connectivity index (χ3v) is 5.89. The summed E-state index contributed by atoms with van der Waals surface area (Å²) in [6.07, 6.45) is 0.